The van der Waals surface area contributed by atoms with Crippen molar-refractivity contribution < 1.29 is 19.1 Å². The van der Waals surface area contributed by atoms with Crippen LogP contribution in [-0.2, 0) is 32.1 Å². The minimum Gasteiger partial charge on any atom is -0.469 e. The smallest absolute Gasteiger partial charge is 0.310 e. The van der Waals surface area contributed by atoms with E-state index in [0.29, 0.717) is 18.4 Å². The van der Waals surface area contributed by atoms with E-state index >= 15 is 0 Å². The van der Waals surface area contributed by atoms with Gasteiger partial charge in [-0.2, -0.15) is 0 Å². The number of hydrogen-bond donors (Lipinski definition) is 4. The first kappa shape index (κ1) is 24.9. The van der Waals surface area contributed by atoms with Crippen molar-refractivity contribution in [3.05, 3.63) is 71.3 Å². The third kappa shape index (κ3) is 6.20. The molecular weight excluding hydrogens is 434 g/mol. The van der Waals surface area contributed by atoms with Gasteiger partial charge in [0.25, 0.3) is 0 Å². The third-order valence-corrected chi connectivity index (χ3v) is 6.06. The number of amidine groups is 1. The highest BCUT2D eigenvalue weighted by Gasteiger charge is 2.43. The number of methoxy groups -OCH3 is 1. The number of carbonyl (C=O) groups excluding carboxylic acids is 3. The van der Waals surface area contributed by atoms with Gasteiger partial charge in [-0.25, -0.2) is 0 Å². The Morgan fingerprint density at radius 2 is 1.79 bits per heavy atom. The molecule has 9 heteroatoms. The van der Waals surface area contributed by atoms with E-state index in [1.807, 2.05) is 30.3 Å². The van der Waals surface area contributed by atoms with Gasteiger partial charge < -0.3 is 26.4 Å². The van der Waals surface area contributed by atoms with Crippen LogP contribution in [-0.4, -0.2) is 54.3 Å². The monoisotopic (exact) mass is 465 g/mol. The van der Waals surface area contributed by atoms with E-state index in [0.717, 1.165) is 11.1 Å². The lowest BCUT2D eigenvalue weighted by atomic mass is 10.0. The predicted octanol–water partition coefficient (Wildman–Crippen LogP) is 0.937. The van der Waals surface area contributed by atoms with Crippen LogP contribution in [0.1, 0.15) is 29.5 Å². The van der Waals surface area contributed by atoms with Gasteiger partial charge in [-0.3, -0.25) is 19.8 Å². The van der Waals surface area contributed by atoms with E-state index in [2.05, 4.69) is 5.32 Å². The molecule has 2 amide bonds. The number of hydrogen-bond acceptors (Lipinski definition) is 6. The van der Waals surface area contributed by atoms with Gasteiger partial charge in [-0.15, -0.1) is 0 Å². The lowest BCUT2D eigenvalue weighted by molar-refractivity contribution is -0.145. The Morgan fingerprint density at radius 3 is 2.41 bits per heavy atom. The van der Waals surface area contributed by atoms with Crippen LogP contribution in [0.15, 0.2) is 54.6 Å². The number of nitrogen functional groups attached to an aromatic ring is 1. The van der Waals surface area contributed by atoms with Crippen molar-refractivity contribution in [3.63, 3.8) is 0 Å². The maximum Gasteiger partial charge on any atom is 0.310 e. The van der Waals surface area contributed by atoms with Crippen molar-refractivity contribution >= 4 is 23.6 Å². The summed E-state index contributed by atoms with van der Waals surface area (Å²) in [7, 11) is 1.29. The van der Waals surface area contributed by atoms with Crippen LogP contribution in [0.3, 0.4) is 0 Å². The Labute approximate surface area is 198 Å². The van der Waals surface area contributed by atoms with Crippen LogP contribution in [0, 0.1) is 11.3 Å². The molecule has 1 fully saturated rings. The molecule has 3 atom stereocenters. The summed E-state index contributed by atoms with van der Waals surface area (Å²) >= 11 is 0. The largest absolute Gasteiger partial charge is 0.469 e. The summed E-state index contributed by atoms with van der Waals surface area (Å²) < 4.78 is 4.85. The second-order valence-electron chi connectivity index (χ2n) is 8.42. The molecule has 1 aliphatic heterocycles. The molecule has 0 aromatic heterocycles. The molecule has 1 aliphatic rings. The number of aryl methyl sites for hydroxylation is 1. The minimum absolute atomic E-state index is 0.0341. The van der Waals surface area contributed by atoms with E-state index in [9.17, 15) is 14.4 Å². The van der Waals surface area contributed by atoms with Crippen LogP contribution in [0.5, 0.6) is 0 Å². The molecule has 9 nitrogen and oxygen atoms in total. The number of likely N-dealkylation sites (tertiary alicyclic amines) is 1. The van der Waals surface area contributed by atoms with E-state index in [4.69, 9.17) is 21.6 Å². The van der Waals surface area contributed by atoms with Crippen LogP contribution < -0.4 is 16.8 Å². The summed E-state index contributed by atoms with van der Waals surface area (Å²) in [5.74, 6) is -1.78. The molecule has 0 saturated carbocycles. The summed E-state index contributed by atoms with van der Waals surface area (Å²) in [6.07, 6.45) is 1.24. The zero-order chi connectivity index (χ0) is 24.7. The van der Waals surface area contributed by atoms with Gasteiger partial charge in [0.1, 0.15) is 11.9 Å². The van der Waals surface area contributed by atoms with Crippen molar-refractivity contribution in [2.45, 2.75) is 37.9 Å². The topological polar surface area (TPSA) is 152 Å². The molecule has 2 aromatic carbocycles. The Bertz CT molecular complexity index is 1030. The predicted molar refractivity (Wildman–Crippen MR) is 128 cm³/mol. The summed E-state index contributed by atoms with van der Waals surface area (Å²) in [5.41, 5.74) is 14.1. The number of nitrogens with two attached hydrogens (primary N) is 2. The van der Waals surface area contributed by atoms with E-state index in [-0.39, 0.29) is 37.2 Å². The molecule has 0 spiro atoms. The highest BCUT2D eigenvalue weighted by Crippen LogP contribution is 2.26. The van der Waals surface area contributed by atoms with Crippen molar-refractivity contribution in [1.29, 1.82) is 5.41 Å². The fraction of sp³-hybridized carbons (Fsp3) is 0.360. The van der Waals surface area contributed by atoms with E-state index in [1.54, 1.807) is 24.3 Å². The van der Waals surface area contributed by atoms with Gasteiger partial charge in [0.05, 0.1) is 19.1 Å². The maximum absolute atomic E-state index is 13.2. The Kier molecular flexibility index (Phi) is 8.37. The standard InChI is InChI=1S/C25H31N5O4/c1-34-25(33)19-13-21(23(31)29-14-17-7-10-18(11-8-17)22(27)28)30(15-19)24(32)20(26)12-9-16-5-3-2-4-6-16/h2-8,10-11,19-21H,9,12-15,26H2,1H3,(H3,27,28)(H,29,31)/t19-,20-,21+/m1/s1. The summed E-state index contributed by atoms with van der Waals surface area (Å²) in [5, 5.41) is 10.3. The number of nitrogens with zero attached hydrogens (tertiary/aromatic N) is 1. The number of amides is 2. The molecule has 0 unspecified atom stereocenters. The minimum atomic E-state index is -0.809. The maximum atomic E-state index is 13.2. The summed E-state index contributed by atoms with van der Waals surface area (Å²) in [4.78, 5) is 39.7. The number of ether oxygens (including phenoxy) is 1. The van der Waals surface area contributed by atoms with Crippen molar-refractivity contribution in [1.82, 2.24) is 10.2 Å². The molecule has 0 bridgehead atoms. The molecule has 1 saturated heterocycles. The number of carbonyl (C=O) groups is 3. The zero-order valence-corrected chi connectivity index (χ0v) is 19.2. The normalized spacial score (nSPS) is 18.2. The van der Waals surface area contributed by atoms with Gasteiger partial charge in [0.2, 0.25) is 11.8 Å². The fourth-order valence-corrected chi connectivity index (χ4v) is 4.08. The second kappa shape index (κ2) is 11.4. The molecule has 3 rings (SSSR count). The number of rotatable bonds is 9. The number of esters is 1. The molecule has 6 N–H and O–H groups in total. The molecule has 180 valence electrons. The lowest BCUT2D eigenvalue weighted by Crippen LogP contribution is -2.51. The van der Waals surface area contributed by atoms with Crippen molar-refractivity contribution in [2.75, 3.05) is 13.7 Å². The van der Waals surface area contributed by atoms with Crippen molar-refractivity contribution in [2.24, 2.45) is 17.4 Å². The SMILES string of the molecule is COC(=O)[C@@H]1C[C@@H](C(=O)NCc2ccc(C(=N)N)cc2)N(C(=O)[C@H](N)CCc2ccccc2)C1. The molecule has 1 heterocycles. The fourth-order valence-electron chi connectivity index (χ4n) is 4.08. The van der Waals surface area contributed by atoms with Gasteiger partial charge in [0, 0.05) is 18.7 Å². The molecular formula is C25H31N5O4. The van der Waals surface area contributed by atoms with Gasteiger partial charge in [0.15, 0.2) is 0 Å². The third-order valence-electron chi connectivity index (χ3n) is 6.06. The van der Waals surface area contributed by atoms with Crippen LogP contribution in [0.4, 0.5) is 0 Å². The Hall–Kier alpha value is -3.72. The molecule has 34 heavy (non-hydrogen) atoms. The summed E-state index contributed by atoms with van der Waals surface area (Å²) in [6, 6.07) is 15.1. The van der Waals surface area contributed by atoms with Crippen LogP contribution in [0.2, 0.25) is 0 Å². The Balaban J connectivity index is 1.65. The van der Waals surface area contributed by atoms with Gasteiger partial charge in [-0.1, -0.05) is 54.6 Å². The summed E-state index contributed by atoms with van der Waals surface area (Å²) in [6.45, 7) is 0.328. The highest BCUT2D eigenvalue weighted by atomic mass is 16.5. The molecule has 0 aliphatic carbocycles. The molecule has 2 aromatic rings. The van der Waals surface area contributed by atoms with E-state index < -0.39 is 24.0 Å². The van der Waals surface area contributed by atoms with Crippen LogP contribution in [0.25, 0.3) is 0 Å². The number of nitrogens with one attached hydrogen (secondary N) is 2. The van der Waals surface area contributed by atoms with Gasteiger partial charge >= 0.3 is 5.97 Å². The highest BCUT2D eigenvalue weighted by molar-refractivity contribution is 5.95. The first-order chi connectivity index (χ1) is 16.3. The van der Waals surface area contributed by atoms with Crippen molar-refractivity contribution in [3.8, 4) is 0 Å². The van der Waals surface area contributed by atoms with Crippen LogP contribution >= 0.6 is 0 Å². The second-order valence-corrected chi connectivity index (χ2v) is 8.42. The average Bonchev–Trinajstić information content (AvgIpc) is 3.31. The van der Waals surface area contributed by atoms with Gasteiger partial charge in [-0.05, 0) is 30.4 Å². The number of benzene rings is 2. The van der Waals surface area contributed by atoms with E-state index in [1.165, 1.54) is 12.0 Å². The quantitative estimate of drug-likeness (QED) is 0.246. The average molecular weight is 466 g/mol. The Morgan fingerprint density at radius 1 is 1.12 bits per heavy atom. The lowest BCUT2D eigenvalue weighted by Gasteiger charge is -2.26. The first-order valence-electron chi connectivity index (χ1n) is 11.2. The zero-order valence-electron chi connectivity index (χ0n) is 19.2. The molecule has 0 radical (unpaired) electrons. The first-order valence-corrected chi connectivity index (χ1v) is 11.2.